The van der Waals surface area contributed by atoms with Crippen molar-refractivity contribution in [2.24, 2.45) is 0 Å². The molecule has 372 valence electrons. The summed E-state index contributed by atoms with van der Waals surface area (Å²) >= 11 is 0. The first-order valence-corrected chi connectivity index (χ1v) is 25.7. The molecular weight excluding hydrogens is 847 g/mol. The Labute approximate surface area is 402 Å². The maximum absolute atomic E-state index is 13.4. The van der Waals surface area contributed by atoms with E-state index < -0.39 is 36.7 Å². The van der Waals surface area contributed by atoms with E-state index in [2.05, 4.69) is 19.2 Å². The highest BCUT2D eigenvalue weighted by Gasteiger charge is 2.49. The molecule has 11 nitrogen and oxygen atoms in total. The lowest BCUT2D eigenvalue weighted by Crippen LogP contribution is -2.66. The fourth-order valence-electron chi connectivity index (χ4n) is 8.35. The third-order valence-corrected chi connectivity index (χ3v) is 12.1. The van der Waals surface area contributed by atoms with Crippen LogP contribution in [-0.4, -0.2) is 74.4 Å². The number of ether oxygens (including phenoxy) is 7. The molecule has 0 unspecified atom stereocenters. The van der Waals surface area contributed by atoms with Gasteiger partial charge in [-0.2, -0.15) is 0 Å². The minimum atomic E-state index is -1.08. The molecule has 0 radical (unpaired) electrons. The van der Waals surface area contributed by atoms with Crippen molar-refractivity contribution in [1.29, 1.82) is 0 Å². The SMILES string of the molecule is CCCCCCCCCCCC(=O)OC[C@@H](CO[C@H]1O[C@H](COCc2ccccc2)[C@@H](OCc2ccccc2)[C@H](OCc2ccccc2)[C@H]1NC(C)=O)OC(=O)CCCCCCCCCCC. The van der Waals surface area contributed by atoms with Gasteiger partial charge in [0.2, 0.25) is 5.91 Å². The fourth-order valence-corrected chi connectivity index (χ4v) is 8.35. The molecule has 1 saturated heterocycles. The Bertz CT molecular complexity index is 1710. The molecule has 0 aromatic heterocycles. The Balaban J connectivity index is 1.49. The van der Waals surface area contributed by atoms with E-state index in [1.807, 2.05) is 91.0 Å². The molecule has 1 heterocycles. The van der Waals surface area contributed by atoms with E-state index in [-0.39, 0.29) is 57.3 Å². The quantitative estimate of drug-likeness (QED) is 0.0441. The maximum atomic E-state index is 13.4. The molecule has 1 amide bonds. The van der Waals surface area contributed by atoms with Gasteiger partial charge in [0.15, 0.2) is 12.4 Å². The van der Waals surface area contributed by atoms with Gasteiger partial charge in [0.25, 0.3) is 0 Å². The van der Waals surface area contributed by atoms with Gasteiger partial charge in [-0.1, -0.05) is 208 Å². The number of nitrogens with one attached hydrogen (secondary N) is 1. The lowest BCUT2D eigenvalue weighted by Gasteiger charge is -2.46. The fraction of sp³-hybridized carbons (Fsp3) is 0.625. The van der Waals surface area contributed by atoms with Crippen LogP contribution in [-0.2, 0) is 67.4 Å². The minimum Gasteiger partial charge on any atom is -0.462 e. The molecule has 6 atom stereocenters. The summed E-state index contributed by atoms with van der Waals surface area (Å²) in [7, 11) is 0. The summed E-state index contributed by atoms with van der Waals surface area (Å²) in [6, 6.07) is 28.7. The highest BCUT2D eigenvalue weighted by atomic mass is 16.7. The van der Waals surface area contributed by atoms with E-state index in [0.29, 0.717) is 19.4 Å². The zero-order valence-electron chi connectivity index (χ0n) is 41.1. The zero-order valence-corrected chi connectivity index (χ0v) is 41.1. The highest BCUT2D eigenvalue weighted by Crippen LogP contribution is 2.30. The summed E-state index contributed by atoms with van der Waals surface area (Å²) < 4.78 is 44.7. The summed E-state index contributed by atoms with van der Waals surface area (Å²) in [5, 5.41) is 3.04. The molecule has 0 saturated carbocycles. The van der Waals surface area contributed by atoms with Crippen LogP contribution in [0.15, 0.2) is 91.0 Å². The molecule has 0 spiro atoms. The van der Waals surface area contributed by atoms with Crippen LogP contribution in [0.5, 0.6) is 0 Å². The Kier molecular flexibility index (Phi) is 29.0. The van der Waals surface area contributed by atoms with Gasteiger partial charge in [-0.05, 0) is 29.5 Å². The summed E-state index contributed by atoms with van der Waals surface area (Å²) in [6.07, 6.45) is 16.8. The highest BCUT2D eigenvalue weighted by molar-refractivity contribution is 5.73. The van der Waals surface area contributed by atoms with Gasteiger partial charge in [-0.3, -0.25) is 14.4 Å². The first-order valence-electron chi connectivity index (χ1n) is 25.7. The van der Waals surface area contributed by atoms with Crippen LogP contribution < -0.4 is 5.32 Å². The van der Waals surface area contributed by atoms with Crippen molar-refractivity contribution in [3.63, 3.8) is 0 Å². The van der Waals surface area contributed by atoms with Crippen LogP contribution in [0.3, 0.4) is 0 Å². The average molecular weight is 930 g/mol. The van der Waals surface area contributed by atoms with Crippen molar-refractivity contribution < 1.29 is 47.5 Å². The minimum absolute atomic E-state index is 0.125. The van der Waals surface area contributed by atoms with Crippen LogP contribution in [0.4, 0.5) is 0 Å². The molecule has 3 aromatic rings. The van der Waals surface area contributed by atoms with Gasteiger partial charge in [0, 0.05) is 19.8 Å². The lowest BCUT2D eigenvalue weighted by atomic mass is 9.95. The largest absolute Gasteiger partial charge is 0.462 e. The summed E-state index contributed by atoms with van der Waals surface area (Å²) in [5.74, 6) is -1.03. The smallest absolute Gasteiger partial charge is 0.306 e. The van der Waals surface area contributed by atoms with Gasteiger partial charge in [0.1, 0.15) is 31.0 Å². The molecule has 0 bridgehead atoms. The van der Waals surface area contributed by atoms with Crippen molar-refractivity contribution in [2.45, 2.75) is 206 Å². The standard InChI is InChI=1S/C56H83NO10/c1-4-6-8-10-12-14-16-18-29-37-51(59)62-42-49(66-52(60)38-30-19-17-15-13-11-9-7-5-2)43-65-56-53(57-45(3)58)55(64-41-48-35-27-22-28-36-48)54(63-40-47-33-25-21-26-34-47)50(67-56)44-61-39-46-31-23-20-24-32-46/h20-28,31-36,49-50,53-56H,4-19,29-30,37-44H2,1-3H3,(H,57,58)/t49-,50+,53+,54+,55+,56-/m0/s1. The Morgan fingerprint density at radius 2 is 0.985 bits per heavy atom. The van der Waals surface area contributed by atoms with E-state index >= 15 is 0 Å². The van der Waals surface area contributed by atoms with Gasteiger partial charge in [-0.15, -0.1) is 0 Å². The van der Waals surface area contributed by atoms with Gasteiger partial charge >= 0.3 is 11.9 Å². The maximum Gasteiger partial charge on any atom is 0.306 e. The number of amides is 1. The van der Waals surface area contributed by atoms with Crippen molar-refractivity contribution in [1.82, 2.24) is 5.32 Å². The molecular formula is C56H83NO10. The van der Waals surface area contributed by atoms with E-state index in [4.69, 9.17) is 33.2 Å². The second kappa shape index (κ2) is 35.1. The lowest BCUT2D eigenvalue weighted by molar-refractivity contribution is -0.294. The number of carbonyl (C=O) groups is 3. The van der Waals surface area contributed by atoms with Gasteiger partial charge < -0.3 is 38.5 Å². The average Bonchev–Trinajstić information content (AvgIpc) is 3.34. The van der Waals surface area contributed by atoms with Crippen molar-refractivity contribution >= 4 is 17.8 Å². The number of benzene rings is 3. The monoisotopic (exact) mass is 930 g/mol. The van der Waals surface area contributed by atoms with E-state index in [9.17, 15) is 14.4 Å². The molecule has 1 aliphatic rings. The molecule has 4 rings (SSSR count). The number of rotatable bonds is 37. The Morgan fingerprint density at radius 3 is 1.48 bits per heavy atom. The molecule has 11 heteroatoms. The van der Waals surface area contributed by atoms with E-state index in [1.54, 1.807) is 0 Å². The van der Waals surface area contributed by atoms with Crippen LogP contribution in [0, 0.1) is 0 Å². The molecule has 1 aliphatic heterocycles. The predicted octanol–water partition coefficient (Wildman–Crippen LogP) is 11.9. The summed E-state index contributed by atoms with van der Waals surface area (Å²) in [6.45, 7) is 6.50. The van der Waals surface area contributed by atoms with Crippen LogP contribution >= 0.6 is 0 Å². The molecule has 67 heavy (non-hydrogen) atoms. The summed E-state index contributed by atoms with van der Waals surface area (Å²) in [5.41, 5.74) is 2.90. The van der Waals surface area contributed by atoms with Crippen LogP contribution in [0.1, 0.15) is 166 Å². The third-order valence-electron chi connectivity index (χ3n) is 12.1. The first-order chi connectivity index (χ1) is 32.9. The number of unbranched alkanes of at least 4 members (excludes halogenated alkanes) is 16. The predicted molar refractivity (Wildman–Crippen MR) is 263 cm³/mol. The summed E-state index contributed by atoms with van der Waals surface area (Å²) in [4.78, 5) is 39.4. The molecule has 1 fully saturated rings. The van der Waals surface area contributed by atoms with Crippen LogP contribution in [0.2, 0.25) is 0 Å². The number of esters is 2. The molecule has 1 N–H and O–H groups in total. The normalized spacial score (nSPS) is 18.6. The van der Waals surface area contributed by atoms with Gasteiger partial charge in [0.05, 0.1) is 33.0 Å². The number of carbonyl (C=O) groups excluding carboxylic acids is 3. The van der Waals surface area contributed by atoms with Crippen molar-refractivity contribution in [3.8, 4) is 0 Å². The number of hydrogen-bond donors (Lipinski definition) is 1. The van der Waals surface area contributed by atoms with Crippen molar-refractivity contribution in [2.75, 3.05) is 19.8 Å². The number of hydrogen-bond acceptors (Lipinski definition) is 10. The Morgan fingerprint density at radius 1 is 0.537 bits per heavy atom. The first kappa shape index (κ1) is 55.5. The van der Waals surface area contributed by atoms with Crippen LogP contribution in [0.25, 0.3) is 0 Å². The second-order valence-corrected chi connectivity index (χ2v) is 18.1. The molecule has 0 aliphatic carbocycles. The van der Waals surface area contributed by atoms with E-state index in [1.165, 1.54) is 77.6 Å². The third kappa shape index (κ3) is 24.1. The molecule has 3 aromatic carbocycles. The Hall–Kier alpha value is -4.13. The van der Waals surface area contributed by atoms with E-state index in [0.717, 1.165) is 55.2 Å². The van der Waals surface area contributed by atoms with Gasteiger partial charge in [-0.25, -0.2) is 0 Å². The second-order valence-electron chi connectivity index (χ2n) is 18.1. The zero-order chi connectivity index (χ0) is 47.6. The van der Waals surface area contributed by atoms with Crippen molar-refractivity contribution in [3.05, 3.63) is 108 Å². The topological polar surface area (TPSA) is 128 Å².